The third-order valence-corrected chi connectivity index (χ3v) is 2.55. The van der Waals surface area contributed by atoms with E-state index in [0.29, 0.717) is 0 Å². The molecule has 0 atom stereocenters. The van der Waals surface area contributed by atoms with Gasteiger partial charge >= 0.3 is 5.91 Å². The van der Waals surface area contributed by atoms with Crippen LogP contribution in [-0.2, 0) is 0 Å². The van der Waals surface area contributed by atoms with E-state index in [1.54, 1.807) is 18.3 Å². The molecular weight excluding hydrogens is 228 g/mol. The lowest BCUT2D eigenvalue weighted by atomic mass is 10.1. The smallest absolute Gasteiger partial charge is 0.307 e. The second kappa shape index (κ2) is 5.31. The van der Waals surface area contributed by atoms with Gasteiger partial charge in [-0.15, -0.1) is 0 Å². The Morgan fingerprint density at radius 1 is 1.33 bits per heavy atom. The van der Waals surface area contributed by atoms with Gasteiger partial charge in [0.05, 0.1) is 12.5 Å². The Bertz CT molecular complexity index is 571. The molecule has 0 aliphatic carbocycles. The largest absolute Gasteiger partial charge is 0.459 e. The molecule has 4 heteroatoms. The van der Waals surface area contributed by atoms with Crippen LogP contribution in [0.15, 0.2) is 46.1 Å². The number of nitrogens with one attached hydrogen (secondary N) is 1. The number of furan rings is 1. The molecule has 0 spiro atoms. The average molecular weight is 242 g/mol. The molecule has 18 heavy (non-hydrogen) atoms. The first kappa shape index (κ1) is 12.1. The zero-order chi connectivity index (χ0) is 13.0. The molecule has 2 aromatic rings. The van der Waals surface area contributed by atoms with Gasteiger partial charge in [-0.1, -0.05) is 23.8 Å². The highest BCUT2D eigenvalue weighted by Gasteiger charge is 2.05. The molecule has 0 radical (unpaired) electrons. The van der Waals surface area contributed by atoms with Crippen LogP contribution in [0.5, 0.6) is 0 Å². The van der Waals surface area contributed by atoms with E-state index in [-0.39, 0.29) is 11.7 Å². The third kappa shape index (κ3) is 2.85. The monoisotopic (exact) mass is 242 g/mol. The summed E-state index contributed by atoms with van der Waals surface area (Å²) < 4.78 is 4.95. The number of hydrazone groups is 1. The maximum Gasteiger partial charge on any atom is 0.307 e. The second-order valence-electron chi connectivity index (χ2n) is 4.04. The van der Waals surface area contributed by atoms with E-state index in [2.05, 4.69) is 10.5 Å². The summed E-state index contributed by atoms with van der Waals surface area (Å²) in [5.74, 6) is -0.116. The first-order chi connectivity index (χ1) is 8.66. The summed E-state index contributed by atoms with van der Waals surface area (Å²) in [6, 6.07) is 9.31. The SMILES string of the molecule is Cc1ccc(C)c(C=NNC(=O)c2ccco2)c1. The zero-order valence-electron chi connectivity index (χ0n) is 10.3. The summed E-state index contributed by atoms with van der Waals surface area (Å²) in [5, 5.41) is 3.91. The molecule has 1 amide bonds. The number of benzene rings is 1. The number of aryl methyl sites for hydroxylation is 2. The standard InChI is InChI=1S/C14H14N2O2/c1-10-5-6-11(2)12(8-10)9-15-16-14(17)13-4-3-7-18-13/h3-9H,1-2H3,(H,16,17). The summed E-state index contributed by atoms with van der Waals surface area (Å²) in [6.07, 6.45) is 3.08. The van der Waals surface area contributed by atoms with Crippen molar-refractivity contribution in [3.63, 3.8) is 0 Å². The fraction of sp³-hybridized carbons (Fsp3) is 0.143. The molecule has 1 heterocycles. The summed E-state index contributed by atoms with van der Waals surface area (Å²) in [6.45, 7) is 4.01. The molecule has 0 saturated carbocycles. The minimum absolute atomic E-state index is 0.244. The van der Waals surface area contributed by atoms with Gasteiger partial charge < -0.3 is 4.42 Å². The minimum Gasteiger partial charge on any atom is -0.459 e. The van der Waals surface area contributed by atoms with Gasteiger partial charge in [-0.05, 0) is 37.1 Å². The van der Waals surface area contributed by atoms with Crippen LogP contribution < -0.4 is 5.43 Å². The van der Waals surface area contributed by atoms with Crippen molar-refractivity contribution in [2.75, 3.05) is 0 Å². The van der Waals surface area contributed by atoms with Crippen LogP contribution in [0.2, 0.25) is 0 Å². The van der Waals surface area contributed by atoms with Gasteiger partial charge in [0.25, 0.3) is 0 Å². The molecule has 0 fully saturated rings. The highest BCUT2D eigenvalue weighted by atomic mass is 16.3. The van der Waals surface area contributed by atoms with Gasteiger partial charge in [-0.25, -0.2) is 5.43 Å². The van der Waals surface area contributed by atoms with Gasteiger partial charge in [0.1, 0.15) is 0 Å². The van der Waals surface area contributed by atoms with Crippen molar-refractivity contribution in [1.82, 2.24) is 5.43 Å². The van der Waals surface area contributed by atoms with Crippen molar-refractivity contribution in [1.29, 1.82) is 0 Å². The van der Waals surface area contributed by atoms with Crippen LogP contribution in [-0.4, -0.2) is 12.1 Å². The fourth-order valence-electron chi connectivity index (χ4n) is 1.52. The zero-order valence-corrected chi connectivity index (χ0v) is 10.3. The number of hydrogen-bond donors (Lipinski definition) is 1. The lowest BCUT2D eigenvalue weighted by molar-refractivity contribution is 0.0927. The molecule has 1 N–H and O–H groups in total. The highest BCUT2D eigenvalue weighted by molar-refractivity contribution is 5.92. The van der Waals surface area contributed by atoms with Gasteiger partial charge in [0.2, 0.25) is 0 Å². The summed E-state index contributed by atoms with van der Waals surface area (Å²) in [4.78, 5) is 11.5. The van der Waals surface area contributed by atoms with Crippen LogP contribution in [0.25, 0.3) is 0 Å². The Morgan fingerprint density at radius 3 is 2.89 bits per heavy atom. The lowest BCUT2D eigenvalue weighted by Gasteiger charge is -2.01. The van der Waals surface area contributed by atoms with E-state index in [0.717, 1.165) is 16.7 Å². The Kier molecular flexibility index (Phi) is 3.57. The van der Waals surface area contributed by atoms with Crippen molar-refractivity contribution in [3.8, 4) is 0 Å². The van der Waals surface area contributed by atoms with Crippen LogP contribution in [0.1, 0.15) is 27.2 Å². The Morgan fingerprint density at radius 2 is 2.17 bits per heavy atom. The first-order valence-electron chi connectivity index (χ1n) is 5.61. The number of amides is 1. The summed E-state index contributed by atoms with van der Waals surface area (Å²) in [7, 11) is 0. The fourth-order valence-corrected chi connectivity index (χ4v) is 1.52. The molecule has 2 rings (SSSR count). The van der Waals surface area contributed by atoms with E-state index >= 15 is 0 Å². The van der Waals surface area contributed by atoms with E-state index in [1.165, 1.54) is 6.26 Å². The topological polar surface area (TPSA) is 54.6 Å². The number of carbonyl (C=O) groups excluding carboxylic acids is 1. The van der Waals surface area contributed by atoms with Crippen LogP contribution in [0.4, 0.5) is 0 Å². The van der Waals surface area contributed by atoms with Gasteiger partial charge in [-0.3, -0.25) is 4.79 Å². The molecule has 0 aliphatic heterocycles. The van der Waals surface area contributed by atoms with Crippen LogP contribution in [0, 0.1) is 13.8 Å². The van der Waals surface area contributed by atoms with Crippen molar-refractivity contribution in [2.24, 2.45) is 5.10 Å². The first-order valence-corrected chi connectivity index (χ1v) is 5.61. The molecule has 1 aromatic carbocycles. The molecule has 0 saturated heterocycles. The lowest BCUT2D eigenvalue weighted by Crippen LogP contribution is -2.16. The van der Waals surface area contributed by atoms with E-state index < -0.39 is 0 Å². The van der Waals surface area contributed by atoms with Crippen molar-refractivity contribution < 1.29 is 9.21 Å². The highest BCUT2D eigenvalue weighted by Crippen LogP contribution is 2.08. The Balaban J connectivity index is 2.03. The number of rotatable bonds is 3. The van der Waals surface area contributed by atoms with Crippen molar-refractivity contribution in [2.45, 2.75) is 13.8 Å². The maximum atomic E-state index is 11.5. The molecular formula is C14H14N2O2. The number of hydrogen-bond acceptors (Lipinski definition) is 3. The average Bonchev–Trinajstić information content (AvgIpc) is 2.87. The van der Waals surface area contributed by atoms with Crippen molar-refractivity contribution >= 4 is 12.1 Å². The molecule has 4 nitrogen and oxygen atoms in total. The molecule has 0 bridgehead atoms. The number of carbonyl (C=O) groups is 1. The van der Waals surface area contributed by atoms with E-state index in [9.17, 15) is 4.79 Å². The molecule has 1 aromatic heterocycles. The molecule has 92 valence electrons. The van der Waals surface area contributed by atoms with E-state index in [4.69, 9.17) is 4.42 Å². The predicted molar refractivity (Wildman–Crippen MR) is 69.7 cm³/mol. The van der Waals surface area contributed by atoms with Crippen LogP contribution in [0.3, 0.4) is 0 Å². The van der Waals surface area contributed by atoms with Crippen LogP contribution >= 0.6 is 0 Å². The quantitative estimate of drug-likeness (QED) is 0.664. The summed E-state index contributed by atoms with van der Waals surface area (Å²) in [5.41, 5.74) is 5.66. The second-order valence-corrected chi connectivity index (χ2v) is 4.04. The molecule has 0 unspecified atom stereocenters. The maximum absolute atomic E-state index is 11.5. The van der Waals surface area contributed by atoms with Crippen molar-refractivity contribution in [3.05, 3.63) is 59.0 Å². The van der Waals surface area contributed by atoms with Gasteiger partial charge in [0.15, 0.2) is 5.76 Å². The Hall–Kier alpha value is -2.36. The van der Waals surface area contributed by atoms with Gasteiger partial charge in [0, 0.05) is 0 Å². The minimum atomic E-state index is -0.360. The van der Waals surface area contributed by atoms with Gasteiger partial charge in [-0.2, -0.15) is 5.10 Å². The Labute approximate surface area is 105 Å². The van der Waals surface area contributed by atoms with E-state index in [1.807, 2.05) is 32.0 Å². The third-order valence-electron chi connectivity index (χ3n) is 2.55. The molecule has 0 aliphatic rings. The normalized spacial score (nSPS) is 10.8. The summed E-state index contributed by atoms with van der Waals surface area (Å²) >= 11 is 0. The predicted octanol–water partition coefficient (Wildman–Crippen LogP) is 2.66. The number of nitrogens with zero attached hydrogens (tertiary/aromatic N) is 1.